The molecule has 0 unspecified atom stereocenters. The Bertz CT molecular complexity index is 774. The van der Waals surface area contributed by atoms with E-state index in [2.05, 4.69) is 5.32 Å². The Morgan fingerprint density at radius 1 is 1.20 bits per heavy atom. The van der Waals surface area contributed by atoms with Crippen LogP contribution >= 0.6 is 0 Å². The third-order valence-corrected chi connectivity index (χ3v) is 5.02. The summed E-state index contributed by atoms with van der Waals surface area (Å²) in [4.78, 5) is 9.55. The molecule has 4 nitrogen and oxygen atoms in total. The van der Waals surface area contributed by atoms with Gasteiger partial charge in [0.25, 0.3) is 0 Å². The fraction of sp³-hybridized carbons (Fsp3) is 0.500. The fourth-order valence-electron chi connectivity index (χ4n) is 3.37. The third-order valence-electron chi connectivity index (χ3n) is 5.02. The SMILES string of the molecule is Cc1cc(F)ccc1CCOc1nc(C2CC2)nc2c1CCNCC2. The van der Waals surface area contributed by atoms with E-state index in [1.165, 1.54) is 18.9 Å². The first kappa shape index (κ1) is 16.5. The fourth-order valence-corrected chi connectivity index (χ4v) is 3.37. The van der Waals surface area contributed by atoms with Crippen molar-refractivity contribution < 1.29 is 9.13 Å². The summed E-state index contributed by atoms with van der Waals surface area (Å²) in [6.07, 6.45) is 4.97. The summed E-state index contributed by atoms with van der Waals surface area (Å²) in [5.74, 6) is 2.04. The molecule has 1 aliphatic heterocycles. The number of fused-ring (bicyclic) bond motifs is 1. The maximum absolute atomic E-state index is 13.2. The summed E-state index contributed by atoms with van der Waals surface area (Å²) in [7, 11) is 0. The minimum Gasteiger partial charge on any atom is -0.477 e. The molecule has 1 N–H and O–H groups in total. The molecule has 2 aliphatic rings. The normalized spacial score (nSPS) is 17.0. The highest BCUT2D eigenvalue weighted by Crippen LogP contribution is 2.39. The number of hydrogen-bond donors (Lipinski definition) is 1. The van der Waals surface area contributed by atoms with Gasteiger partial charge in [-0.25, -0.2) is 9.37 Å². The molecule has 5 heteroatoms. The topological polar surface area (TPSA) is 47.0 Å². The summed E-state index contributed by atoms with van der Waals surface area (Å²) in [6, 6.07) is 4.92. The van der Waals surface area contributed by atoms with Crippen molar-refractivity contribution in [1.29, 1.82) is 0 Å². The number of nitrogens with zero attached hydrogens (tertiary/aromatic N) is 2. The van der Waals surface area contributed by atoms with Gasteiger partial charge in [0.05, 0.1) is 12.3 Å². The zero-order chi connectivity index (χ0) is 17.2. The Morgan fingerprint density at radius 2 is 2.04 bits per heavy atom. The Labute approximate surface area is 147 Å². The van der Waals surface area contributed by atoms with Gasteiger partial charge in [-0.05, 0) is 56.0 Å². The number of ether oxygens (including phenoxy) is 1. The Morgan fingerprint density at radius 3 is 2.84 bits per heavy atom. The van der Waals surface area contributed by atoms with Crippen LogP contribution in [0.15, 0.2) is 18.2 Å². The molecular weight excluding hydrogens is 317 g/mol. The van der Waals surface area contributed by atoms with Crippen LogP contribution in [0.5, 0.6) is 5.88 Å². The lowest BCUT2D eigenvalue weighted by Gasteiger charge is -2.14. The molecule has 1 aromatic heterocycles. The van der Waals surface area contributed by atoms with Crippen LogP contribution in [-0.4, -0.2) is 29.7 Å². The van der Waals surface area contributed by atoms with E-state index in [4.69, 9.17) is 14.7 Å². The second kappa shape index (κ2) is 7.08. The first-order valence-corrected chi connectivity index (χ1v) is 9.19. The van der Waals surface area contributed by atoms with Crippen LogP contribution in [-0.2, 0) is 19.3 Å². The van der Waals surface area contributed by atoms with Gasteiger partial charge >= 0.3 is 0 Å². The van der Waals surface area contributed by atoms with Crippen molar-refractivity contribution in [3.8, 4) is 5.88 Å². The molecule has 2 heterocycles. The van der Waals surface area contributed by atoms with Gasteiger partial charge in [0.15, 0.2) is 0 Å². The summed E-state index contributed by atoms with van der Waals surface area (Å²) < 4.78 is 19.3. The van der Waals surface area contributed by atoms with Crippen molar-refractivity contribution in [2.45, 2.75) is 44.9 Å². The summed E-state index contributed by atoms with van der Waals surface area (Å²) >= 11 is 0. The number of aryl methyl sites for hydroxylation is 1. The summed E-state index contributed by atoms with van der Waals surface area (Å²) in [5.41, 5.74) is 4.39. The molecule has 0 bridgehead atoms. The zero-order valence-corrected chi connectivity index (χ0v) is 14.6. The second-order valence-electron chi connectivity index (χ2n) is 7.01. The van der Waals surface area contributed by atoms with Gasteiger partial charge in [-0.15, -0.1) is 0 Å². The lowest BCUT2D eigenvalue weighted by Crippen LogP contribution is -2.16. The van der Waals surface area contributed by atoms with E-state index in [1.807, 2.05) is 13.0 Å². The lowest BCUT2D eigenvalue weighted by atomic mass is 10.1. The predicted octanol–water partition coefficient (Wildman–Crippen LogP) is 3.11. The minimum absolute atomic E-state index is 0.190. The first-order chi connectivity index (χ1) is 12.2. The first-order valence-electron chi connectivity index (χ1n) is 9.19. The van der Waals surface area contributed by atoms with Crippen molar-refractivity contribution in [3.05, 3.63) is 52.2 Å². The van der Waals surface area contributed by atoms with E-state index in [-0.39, 0.29) is 5.82 Å². The van der Waals surface area contributed by atoms with Gasteiger partial charge in [-0.2, -0.15) is 4.98 Å². The van der Waals surface area contributed by atoms with Crippen LogP contribution in [0.2, 0.25) is 0 Å². The molecule has 1 fully saturated rings. The van der Waals surface area contributed by atoms with E-state index in [9.17, 15) is 4.39 Å². The van der Waals surface area contributed by atoms with Crippen molar-refractivity contribution in [1.82, 2.24) is 15.3 Å². The van der Waals surface area contributed by atoms with Crippen LogP contribution in [0.1, 0.15) is 47.0 Å². The van der Waals surface area contributed by atoms with Gasteiger partial charge in [0.1, 0.15) is 11.6 Å². The van der Waals surface area contributed by atoms with Gasteiger partial charge < -0.3 is 10.1 Å². The van der Waals surface area contributed by atoms with Gasteiger partial charge in [-0.1, -0.05) is 6.07 Å². The highest BCUT2D eigenvalue weighted by molar-refractivity contribution is 5.34. The molecule has 0 atom stereocenters. The highest BCUT2D eigenvalue weighted by atomic mass is 19.1. The molecule has 0 radical (unpaired) electrons. The molecule has 25 heavy (non-hydrogen) atoms. The predicted molar refractivity (Wildman–Crippen MR) is 94.6 cm³/mol. The van der Waals surface area contributed by atoms with E-state index >= 15 is 0 Å². The quantitative estimate of drug-likeness (QED) is 0.908. The smallest absolute Gasteiger partial charge is 0.220 e. The Kier molecular flexibility index (Phi) is 4.66. The number of rotatable bonds is 5. The van der Waals surface area contributed by atoms with Crippen LogP contribution in [0.25, 0.3) is 0 Å². The Hall–Kier alpha value is -2.01. The highest BCUT2D eigenvalue weighted by Gasteiger charge is 2.29. The van der Waals surface area contributed by atoms with Crippen molar-refractivity contribution >= 4 is 0 Å². The second-order valence-corrected chi connectivity index (χ2v) is 7.01. The van der Waals surface area contributed by atoms with Crippen LogP contribution < -0.4 is 10.1 Å². The molecule has 132 valence electrons. The van der Waals surface area contributed by atoms with Crippen LogP contribution in [0.3, 0.4) is 0 Å². The molecule has 0 amide bonds. The van der Waals surface area contributed by atoms with Crippen LogP contribution in [0.4, 0.5) is 4.39 Å². The van der Waals surface area contributed by atoms with Gasteiger partial charge in [-0.3, -0.25) is 0 Å². The number of hydrogen-bond acceptors (Lipinski definition) is 4. The standard InChI is InChI=1S/C20H24FN3O/c1-13-12-16(21)5-4-14(13)8-11-25-20-17-6-9-22-10-7-18(17)23-19(24-20)15-2-3-15/h4-5,12,15,22H,2-3,6-11H2,1H3. The van der Waals surface area contributed by atoms with E-state index in [0.717, 1.165) is 66.4 Å². The molecule has 0 saturated heterocycles. The third kappa shape index (κ3) is 3.82. The molecular formula is C20H24FN3O. The summed E-state index contributed by atoms with van der Waals surface area (Å²) in [6.45, 7) is 4.38. The van der Waals surface area contributed by atoms with E-state index < -0.39 is 0 Å². The number of nitrogens with one attached hydrogen (secondary N) is 1. The number of halogens is 1. The number of benzene rings is 1. The minimum atomic E-state index is -0.190. The van der Waals surface area contributed by atoms with E-state index in [1.54, 1.807) is 6.07 Å². The zero-order valence-electron chi connectivity index (χ0n) is 14.6. The van der Waals surface area contributed by atoms with Crippen LogP contribution in [0, 0.1) is 12.7 Å². The molecule has 1 aromatic carbocycles. The Balaban J connectivity index is 1.51. The molecule has 2 aromatic rings. The molecule has 1 saturated carbocycles. The maximum atomic E-state index is 13.2. The summed E-state index contributed by atoms with van der Waals surface area (Å²) in [5, 5.41) is 3.42. The number of aromatic nitrogens is 2. The van der Waals surface area contributed by atoms with Gasteiger partial charge in [0.2, 0.25) is 5.88 Å². The average Bonchev–Trinajstić information content (AvgIpc) is 3.43. The van der Waals surface area contributed by atoms with E-state index in [0.29, 0.717) is 12.5 Å². The largest absolute Gasteiger partial charge is 0.477 e. The molecule has 4 rings (SSSR count). The monoisotopic (exact) mass is 341 g/mol. The lowest BCUT2D eigenvalue weighted by molar-refractivity contribution is 0.303. The maximum Gasteiger partial charge on any atom is 0.220 e. The van der Waals surface area contributed by atoms with Crippen molar-refractivity contribution in [2.75, 3.05) is 19.7 Å². The molecule has 1 aliphatic carbocycles. The van der Waals surface area contributed by atoms with Gasteiger partial charge in [0, 0.05) is 30.9 Å². The van der Waals surface area contributed by atoms with Crippen molar-refractivity contribution in [2.24, 2.45) is 0 Å². The molecule has 0 spiro atoms. The van der Waals surface area contributed by atoms with Crippen molar-refractivity contribution in [3.63, 3.8) is 0 Å². The average molecular weight is 341 g/mol.